The minimum absolute atomic E-state index is 0.194. The first-order valence-corrected chi connectivity index (χ1v) is 6.55. The van der Waals surface area contributed by atoms with Crippen LogP contribution in [-0.2, 0) is 6.42 Å². The van der Waals surface area contributed by atoms with Gasteiger partial charge in [-0.2, -0.15) is 0 Å². The molecule has 0 saturated heterocycles. The quantitative estimate of drug-likeness (QED) is 0.578. The number of nitrogens with zero attached hydrogens (tertiary/aromatic N) is 1. The van der Waals surface area contributed by atoms with Gasteiger partial charge < -0.3 is 0 Å². The molecular weight excluding hydrogens is 238 g/mol. The molecule has 19 heavy (non-hydrogen) atoms. The molecule has 0 spiro atoms. The molecule has 0 bridgehead atoms. The fourth-order valence-electron chi connectivity index (χ4n) is 2.25. The summed E-state index contributed by atoms with van der Waals surface area (Å²) in [5.41, 5.74) is 2.93. The van der Waals surface area contributed by atoms with Crippen molar-refractivity contribution in [3.8, 4) is 11.1 Å². The molecule has 3 nitrogen and oxygen atoms in total. The van der Waals surface area contributed by atoms with Crippen LogP contribution in [0.15, 0.2) is 48.5 Å². The average molecular weight is 255 g/mol. The van der Waals surface area contributed by atoms with Gasteiger partial charge in [-0.15, -0.1) is 0 Å². The van der Waals surface area contributed by atoms with Gasteiger partial charge in [-0.25, -0.2) is 0 Å². The number of benzene rings is 2. The van der Waals surface area contributed by atoms with Gasteiger partial charge in [0, 0.05) is 6.07 Å². The van der Waals surface area contributed by atoms with E-state index in [9.17, 15) is 10.1 Å². The van der Waals surface area contributed by atoms with Crippen molar-refractivity contribution in [1.82, 2.24) is 0 Å². The van der Waals surface area contributed by atoms with Crippen molar-refractivity contribution in [2.24, 2.45) is 0 Å². The van der Waals surface area contributed by atoms with Crippen LogP contribution in [0.3, 0.4) is 0 Å². The number of hydrogen-bond acceptors (Lipinski definition) is 2. The van der Waals surface area contributed by atoms with E-state index >= 15 is 0 Å². The lowest BCUT2D eigenvalue weighted by Gasteiger charge is -2.10. The minimum Gasteiger partial charge on any atom is -0.258 e. The van der Waals surface area contributed by atoms with Gasteiger partial charge in [0.25, 0.3) is 5.69 Å². The lowest BCUT2D eigenvalue weighted by molar-refractivity contribution is -0.384. The summed E-state index contributed by atoms with van der Waals surface area (Å²) < 4.78 is 0. The van der Waals surface area contributed by atoms with Crippen LogP contribution in [-0.4, -0.2) is 4.92 Å². The summed E-state index contributed by atoms with van der Waals surface area (Å²) in [5.74, 6) is 0. The van der Waals surface area contributed by atoms with Crippen LogP contribution in [0, 0.1) is 10.1 Å². The topological polar surface area (TPSA) is 43.1 Å². The molecule has 0 radical (unpaired) electrons. The Labute approximate surface area is 113 Å². The Morgan fingerprint density at radius 1 is 1.05 bits per heavy atom. The first-order valence-electron chi connectivity index (χ1n) is 6.55. The molecule has 0 heterocycles. The average Bonchev–Trinajstić information content (AvgIpc) is 2.45. The Hall–Kier alpha value is -2.16. The second kappa shape index (κ2) is 6.14. The Morgan fingerprint density at radius 2 is 1.79 bits per heavy atom. The van der Waals surface area contributed by atoms with Gasteiger partial charge >= 0.3 is 0 Å². The van der Waals surface area contributed by atoms with E-state index in [0.717, 1.165) is 36.0 Å². The third-order valence-electron chi connectivity index (χ3n) is 3.19. The molecule has 0 aliphatic rings. The highest BCUT2D eigenvalue weighted by molar-refractivity contribution is 5.76. The summed E-state index contributed by atoms with van der Waals surface area (Å²) in [5, 5.41) is 11.2. The minimum atomic E-state index is -0.294. The van der Waals surface area contributed by atoms with Gasteiger partial charge in [-0.05, 0) is 24.0 Å². The van der Waals surface area contributed by atoms with Crippen molar-refractivity contribution < 1.29 is 4.92 Å². The number of unbranched alkanes of at least 4 members (excludes halogenated alkanes) is 1. The molecule has 0 aliphatic carbocycles. The molecule has 0 fully saturated rings. The Morgan fingerprint density at radius 3 is 2.42 bits per heavy atom. The fourth-order valence-corrected chi connectivity index (χ4v) is 2.25. The van der Waals surface area contributed by atoms with E-state index in [1.165, 1.54) is 0 Å². The van der Waals surface area contributed by atoms with Gasteiger partial charge in [0.1, 0.15) is 0 Å². The fraction of sp³-hybridized carbons (Fsp3) is 0.250. The third kappa shape index (κ3) is 2.99. The lowest BCUT2D eigenvalue weighted by atomic mass is 9.94. The summed E-state index contributed by atoms with van der Waals surface area (Å²) in [4.78, 5) is 10.9. The van der Waals surface area contributed by atoms with Gasteiger partial charge in [0.15, 0.2) is 0 Å². The van der Waals surface area contributed by atoms with E-state index in [1.54, 1.807) is 12.1 Å². The molecule has 2 rings (SSSR count). The maximum atomic E-state index is 11.2. The highest BCUT2D eigenvalue weighted by Crippen LogP contribution is 2.33. The van der Waals surface area contributed by atoms with Crippen LogP contribution in [0.25, 0.3) is 11.1 Å². The van der Waals surface area contributed by atoms with Crippen LogP contribution in [0.2, 0.25) is 0 Å². The smallest absolute Gasteiger partial charge is 0.258 e. The maximum Gasteiger partial charge on any atom is 0.277 e. The molecule has 2 aromatic carbocycles. The van der Waals surface area contributed by atoms with Crippen molar-refractivity contribution >= 4 is 5.69 Å². The van der Waals surface area contributed by atoms with Gasteiger partial charge in [0.05, 0.1) is 10.5 Å². The highest BCUT2D eigenvalue weighted by atomic mass is 16.6. The van der Waals surface area contributed by atoms with Crippen molar-refractivity contribution in [2.75, 3.05) is 0 Å². The van der Waals surface area contributed by atoms with Crippen LogP contribution in [0.5, 0.6) is 0 Å². The van der Waals surface area contributed by atoms with Crippen LogP contribution in [0.4, 0.5) is 5.69 Å². The zero-order valence-corrected chi connectivity index (χ0v) is 11.0. The van der Waals surface area contributed by atoms with E-state index in [-0.39, 0.29) is 10.6 Å². The molecule has 2 aromatic rings. The Bertz CT molecular complexity index is 564. The molecule has 98 valence electrons. The van der Waals surface area contributed by atoms with Crippen molar-refractivity contribution in [2.45, 2.75) is 26.2 Å². The molecule has 0 amide bonds. The van der Waals surface area contributed by atoms with E-state index in [0.29, 0.717) is 0 Å². The summed E-state index contributed by atoms with van der Waals surface area (Å²) in [6.45, 7) is 2.12. The Kier molecular flexibility index (Phi) is 4.29. The zero-order chi connectivity index (χ0) is 13.7. The van der Waals surface area contributed by atoms with Crippen molar-refractivity contribution in [3.63, 3.8) is 0 Å². The van der Waals surface area contributed by atoms with Crippen molar-refractivity contribution in [3.05, 3.63) is 64.2 Å². The summed E-state index contributed by atoms with van der Waals surface area (Å²) in [6, 6.07) is 14.9. The molecule has 0 aliphatic heterocycles. The van der Waals surface area contributed by atoms with E-state index in [1.807, 2.05) is 36.4 Å². The summed E-state index contributed by atoms with van der Waals surface area (Å²) >= 11 is 0. The molecule has 0 atom stereocenters. The molecule has 0 aromatic heterocycles. The largest absolute Gasteiger partial charge is 0.277 e. The van der Waals surface area contributed by atoms with E-state index in [2.05, 4.69) is 6.92 Å². The third-order valence-corrected chi connectivity index (χ3v) is 3.19. The monoisotopic (exact) mass is 255 g/mol. The predicted octanol–water partition coefficient (Wildman–Crippen LogP) is 4.60. The van der Waals surface area contributed by atoms with Gasteiger partial charge in [-0.3, -0.25) is 10.1 Å². The predicted molar refractivity (Wildman–Crippen MR) is 77.1 cm³/mol. The van der Waals surface area contributed by atoms with Gasteiger partial charge in [-0.1, -0.05) is 55.8 Å². The number of nitro groups is 1. The number of nitro benzene ring substituents is 1. The van der Waals surface area contributed by atoms with Gasteiger partial charge in [0.2, 0.25) is 0 Å². The maximum absolute atomic E-state index is 11.2. The summed E-state index contributed by atoms with van der Waals surface area (Å²) in [6.07, 6.45) is 3.00. The summed E-state index contributed by atoms with van der Waals surface area (Å²) in [7, 11) is 0. The number of aryl methyl sites for hydroxylation is 1. The van der Waals surface area contributed by atoms with Crippen LogP contribution in [0.1, 0.15) is 25.3 Å². The lowest BCUT2D eigenvalue weighted by Crippen LogP contribution is -1.97. The second-order valence-electron chi connectivity index (χ2n) is 4.54. The Balaban J connectivity index is 2.56. The van der Waals surface area contributed by atoms with E-state index in [4.69, 9.17) is 0 Å². The van der Waals surface area contributed by atoms with Crippen molar-refractivity contribution in [1.29, 1.82) is 0 Å². The molecule has 0 N–H and O–H groups in total. The van der Waals surface area contributed by atoms with Crippen LogP contribution >= 0.6 is 0 Å². The standard InChI is InChI=1S/C16H17NO2/c1-2-3-8-13-11-7-12-15(17(18)19)16(13)14-9-5-4-6-10-14/h4-7,9-12H,2-3,8H2,1H3. The first kappa shape index (κ1) is 13.3. The molecule has 0 unspecified atom stereocenters. The zero-order valence-electron chi connectivity index (χ0n) is 11.0. The second-order valence-corrected chi connectivity index (χ2v) is 4.54. The highest BCUT2D eigenvalue weighted by Gasteiger charge is 2.18. The first-order chi connectivity index (χ1) is 9.24. The SMILES string of the molecule is CCCCc1cccc([N+](=O)[O-])c1-c1ccccc1. The molecular formula is C16H17NO2. The normalized spacial score (nSPS) is 10.4. The molecule has 0 saturated carbocycles. The van der Waals surface area contributed by atoms with E-state index < -0.39 is 0 Å². The molecule has 3 heteroatoms. The number of rotatable bonds is 5. The number of hydrogen-bond donors (Lipinski definition) is 0. The van der Waals surface area contributed by atoms with Crippen LogP contribution < -0.4 is 0 Å².